The second kappa shape index (κ2) is 11.1. The Morgan fingerprint density at radius 3 is 2.40 bits per heavy atom. The second-order valence-corrected chi connectivity index (χ2v) is 8.61. The molecule has 0 aliphatic heterocycles. The maximum Gasteiger partial charge on any atom is 0.270 e. The van der Waals surface area contributed by atoms with Gasteiger partial charge in [-0.15, -0.1) is 0 Å². The van der Waals surface area contributed by atoms with Gasteiger partial charge < -0.3 is 9.72 Å². The van der Waals surface area contributed by atoms with Crippen LogP contribution >= 0.6 is 11.8 Å². The van der Waals surface area contributed by atoms with Crippen LogP contribution < -0.4 is 10.3 Å². The molecule has 0 fully saturated rings. The van der Waals surface area contributed by atoms with Crippen molar-refractivity contribution in [2.45, 2.75) is 24.4 Å². The summed E-state index contributed by atoms with van der Waals surface area (Å²) in [5, 5.41) is 13.5. The van der Waals surface area contributed by atoms with Crippen LogP contribution in [-0.4, -0.2) is 9.97 Å². The highest BCUT2D eigenvalue weighted by atomic mass is 32.2. The molecule has 0 spiro atoms. The molecule has 0 amide bonds. The van der Waals surface area contributed by atoms with Gasteiger partial charge in [0.15, 0.2) is 5.16 Å². The van der Waals surface area contributed by atoms with Gasteiger partial charge in [0.05, 0.1) is 5.69 Å². The molecule has 1 heterocycles. The highest BCUT2D eigenvalue weighted by molar-refractivity contribution is 7.98. The molecule has 1 aromatic heterocycles. The van der Waals surface area contributed by atoms with Crippen molar-refractivity contribution in [2.75, 3.05) is 0 Å². The Kier molecular flexibility index (Phi) is 7.48. The molecule has 0 aliphatic carbocycles. The van der Waals surface area contributed by atoms with Gasteiger partial charge in [0.1, 0.15) is 24.0 Å². The van der Waals surface area contributed by atoms with E-state index in [1.54, 1.807) is 36.4 Å². The number of aryl methyl sites for hydroxylation is 1. The van der Waals surface area contributed by atoms with Gasteiger partial charge in [-0.3, -0.25) is 4.79 Å². The summed E-state index contributed by atoms with van der Waals surface area (Å²) in [7, 11) is 0. The van der Waals surface area contributed by atoms with Crippen LogP contribution in [0.2, 0.25) is 0 Å². The average Bonchev–Trinajstić information content (AvgIpc) is 2.88. The number of hydrogen-bond donors (Lipinski definition) is 1. The first-order chi connectivity index (χ1) is 17.1. The number of nitriles is 1. The Balaban J connectivity index is 1.50. The van der Waals surface area contributed by atoms with E-state index in [2.05, 4.69) is 20.0 Å². The first-order valence-corrected chi connectivity index (χ1v) is 11.6. The fourth-order valence-corrected chi connectivity index (χ4v) is 4.07. The fraction of sp³-hybridized carbons (Fsp3) is 0.115. The number of thioether (sulfide) groups is 1. The molecule has 0 atom stereocenters. The van der Waals surface area contributed by atoms with E-state index >= 15 is 0 Å². The lowest BCUT2D eigenvalue weighted by Crippen LogP contribution is -2.14. The van der Waals surface area contributed by atoms with E-state index in [0.29, 0.717) is 40.2 Å². The van der Waals surface area contributed by atoms with Gasteiger partial charge in [0.2, 0.25) is 0 Å². The zero-order chi connectivity index (χ0) is 24.6. The van der Waals surface area contributed by atoms with Crippen molar-refractivity contribution in [3.63, 3.8) is 0 Å². The first kappa shape index (κ1) is 23.6. The summed E-state index contributed by atoms with van der Waals surface area (Å²) in [5.74, 6) is 1.22. The zero-order valence-corrected chi connectivity index (χ0v) is 19.6. The fourth-order valence-electron chi connectivity index (χ4n) is 3.26. The standard InChI is InChI=1S/C26H20N6O2S/c1-17-2-4-18(5-3-17)15-34-22-12-8-20(9-13-22)24-23(14-27)25(33)30-26(29-24)35-16-19-6-10-21(11-7-19)31-32-28/h2-13H,15-16H2,1H3,(H,29,30,33). The molecule has 9 heteroatoms. The topological polar surface area (TPSA) is 128 Å². The number of nitrogens with zero attached hydrogens (tertiary/aromatic N) is 5. The molecule has 4 rings (SSSR count). The predicted octanol–water partition coefficient (Wildman–Crippen LogP) is 6.43. The lowest BCUT2D eigenvalue weighted by Gasteiger charge is -2.09. The van der Waals surface area contributed by atoms with Crippen molar-refractivity contribution >= 4 is 17.4 Å². The SMILES string of the molecule is Cc1ccc(COc2ccc(-c3nc(SCc4ccc(N=[N+]=[N-])cc4)[nH]c(=O)c3C#N)cc2)cc1. The van der Waals surface area contributed by atoms with Gasteiger partial charge in [-0.2, -0.15) is 5.26 Å². The summed E-state index contributed by atoms with van der Waals surface area (Å²) in [5.41, 5.74) is 12.7. The predicted molar refractivity (Wildman–Crippen MR) is 135 cm³/mol. The third kappa shape index (κ3) is 6.09. The van der Waals surface area contributed by atoms with Crippen molar-refractivity contribution in [3.8, 4) is 23.1 Å². The minimum atomic E-state index is -0.488. The number of azide groups is 1. The molecule has 0 bridgehead atoms. The molecule has 35 heavy (non-hydrogen) atoms. The number of nitrogens with one attached hydrogen (secondary N) is 1. The highest BCUT2D eigenvalue weighted by Gasteiger charge is 2.14. The number of benzene rings is 3. The van der Waals surface area contributed by atoms with E-state index in [1.165, 1.54) is 17.3 Å². The summed E-state index contributed by atoms with van der Waals surface area (Å²) < 4.78 is 5.85. The normalized spacial score (nSPS) is 10.3. The summed E-state index contributed by atoms with van der Waals surface area (Å²) in [6, 6.07) is 24.4. The van der Waals surface area contributed by atoms with Crippen molar-refractivity contribution in [3.05, 3.63) is 116 Å². The van der Waals surface area contributed by atoms with Gasteiger partial charge in [-0.05, 0) is 47.8 Å². The van der Waals surface area contributed by atoms with E-state index in [9.17, 15) is 10.1 Å². The molecular weight excluding hydrogens is 460 g/mol. The van der Waals surface area contributed by atoms with Crippen LogP contribution in [-0.2, 0) is 12.4 Å². The number of aromatic amines is 1. The van der Waals surface area contributed by atoms with Crippen molar-refractivity contribution in [1.82, 2.24) is 9.97 Å². The molecule has 8 nitrogen and oxygen atoms in total. The number of hydrogen-bond acceptors (Lipinski definition) is 6. The number of aromatic nitrogens is 2. The van der Waals surface area contributed by atoms with Crippen molar-refractivity contribution < 1.29 is 4.74 Å². The molecule has 1 N–H and O–H groups in total. The van der Waals surface area contributed by atoms with Crippen LogP contribution in [0, 0.1) is 18.3 Å². The maximum atomic E-state index is 12.5. The zero-order valence-electron chi connectivity index (χ0n) is 18.8. The Morgan fingerprint density at radius 1 is 1.06 bits per heavy atom. The third-order valence-corrected chi connectivity index (χ3v) is 6.08. The molecule has 172 valence electrons. The Hall–Kier alpha value is -4.51. The van der Waals surface area contributed by atoms with Gasteiger partial charge in [-0.1, -0.05) is 71.0 Å². The van der Waals surface area contributed by atoms with E-state index in [-0.39, 0.29) is 5.56 Å². The van der Waals surface area contributed by atoms with Crippen LogP contribution in [0.4, 0.5) is 5.69 Å². The largest absolute Gasteiger partial charge is 0.489 e. The molecule has 0 saturated carbocycles. The highest BCUT2D eigenvalue weighted by Crippen LogP contribution is 2.26. The van der Waals surface area contributed by atoms with Gasteiger partial charge in [-0.25, -0.2) is 4.98 Å². The quantitative estimate of drug-likeness (QED) is 0.102. The smallest absolute Gasteiger partial charge is 0.270 e. The summed E-state index contributed by atoms with van der Waals surface area (Å²) in [6.07, 6.45) is 0. The number of rotatable bonds is 8. The lowest BCUT2D eigenvalue weighted by molar-refractivity contribution is 0.306. The van der Waals surface area contributed by atoms with E-state index in [0.717, 1.165) is 11.1 Å². The third-order valence-electron chi connectivity index (χ3n) is 5.14. The van der Waals surface area contributed by atoms with Crippen LogP contribution in [0.3, 0.4) is 0 Å². The molecule has 0 aliphatic rings. The molecule has 3 aromatic carbocycles. The minimum absolute atomic E-state index is 0.0404. The second-order valence-electron chi connectivity index (χ2n) is 7.65. The molecule has 0 radical (unpaired) electrons. The Morgan fingerprint density at radius 2 is 1.74 bits per heavy atom. The Labute approximate surface area is 205 Å². The summed E-state index contributed by atoms with van der Waals surface area (Å²) >= 11 is 1.34. The molecule has 0 saturated heterocycles. The van der Waals surface area contributed by atoms with Gasteiger partial charge in [0.25, 0.3) is 5.56 Å². The summed E-state index contributed by atoms with van der Waals surface area (Å²) in [6.45, 7) is 2.48. The minimum Gasteiger partial charge on any atom is -0.489 e. The lowest BCUT2D eigenvalue weighted by atomic mass is 10.1. The number of H-pyrrole nitrogens is 1. The van der Waals surface area contributed by atoms with Crippen molar-refractivity contribution in [2.24, 2.45) is 5.11 Å². The van der Waals surface area contributed by atoms with E-state index in [1.807, 2.05) is 49.4 Å². The van der Waals surface area contributed by atoms with E-state index in [4.69, 9.17) is 10.3 Å². The average molecular weight is 481 g/mol. The van der Waals surface area contributed by atoms with Crippen LogP contribution in [0.1, 0.15) is 22.3 Å². The summed E-state index contributed by atoms with van der Waals surface area (Å²) in [4.78, 5) is 22.5. The Bertz CT molecular complexity index is 1470. The monoisotopic (exact) mass is 480 g/mol. The molecular formula is C26H20N6O2S. The molecule has 0 unspecified atom stereocenters. The van der Waals surface area contributed by atoms with Crippen LogP contribution in [0.25, 0.3) is 21.7 Å². The first-order valence-electron chi connectivity index (χ1n) is 10.7. The molecule has 4 aromatic rings. The van der Waals surface area contributed by atoms with Crippen LogP contribution in [0.5, 0.6) is 5.75 Å². The number of ether oxygens (including phenoxy) is 1. The van der Waals surface area contributed by atoms with Crippen LogP contribution in [0.15, 0.2) is 87.9 Å². The van der Waals surface area contributed by atoms with E-state index < -0.39 is 5.56 Å². The van der Waals surface area contributed by atoms with Gasteiger partial charge >= 0.3 is 0 Å². The maximum absolute atomic E-state index is 12.5. The van der Waals surface area contributed by atoms with Crippen molar-refractivity contribution in [1.29, 1.82) is 5.26 Å². The van der Waals surface area contributed by atoms with Gasteiger partial charge in [0, 0.05) is 21.9 Å².